The summed E-state index contributed by atoms with van der Waals surface area (Å²) < 4.78 is 16.3. The summed E-state index contributed by atoms with van der Waals surface area (Å²) in [7, 11) is 0. The molecule has 146 valence electrons. The molecular formula is C21H18Cl2O5. The van der Waals surface area contributed by atoms with Gasteiger partial charge in [0.05, 0.1) is 5.56 Å². The van der Waals surface area contributed by atoms with Crippen LogP contribution in [-0.2, 0) is 9.53 Å². The Balaban J connectivity index is 1.73. The van der Waals surface area contributed by atoms with E-state index in [0.29, 0.717) is 32.7 Å². The third-order valence-electron chi connectivity index (χ3n) is 3.67. The summed E-state index contributed by atoms with van der Waals surface area (Å²) >= 11 is 12.0. The van der Waals surface area contributed by atoms with E-state index in [2.05, 4.69) is 0 Å². The number of halogens is 2. The molecule has 0 N–H and O–H groups in total. The van der Waals surface area contributed by atoms with E-state index in [0.717, 1.165) is 0 Å². The Bertz CT molecular complexity index is 973. The van der Waals surface area contributed by atoms with E-state index in [1.165, 1.54) is 0 Å². The Morgan fingerprint density at radius 3 is 2.57 bits per heavy atom. The minimum Gasteiger partial charge on any atom is -0.482 e. The summed E-state index contributed by atoms with van der Waals surface area (Å²) in [6.07, 6.45) is 1.56. The molecule has 1 aliphatic heterocycles. The number of ketones is 1. The monoisotopic (exact) mass is 420 g/mol. The van der Waals surface area contributed by atoms with Gasteiger partial charge in [-0.2, -0.15) is 0 Å². The van der Waals surface area contributed by atoms with Gasteiger partial charge in [0, 0.05) is 16.1 Å². The first-order valence-electron chi connectivity index (χ1n) is 8.50. The highest BCUT2D eigenvalue weighted by Gasteiger charge is 2.28. The molecule has 0 unspecified atom stereocenters. The first kappa shape index (κ1) is 20.2. The molecule has 0 spiro atoms. The summed E-state index contributed by atoms with van der Waals surface area (Å²) in [6.45, 7) is 5.09. The molecule has 0 saturated heterocycles. The minimum atomic E-state index is -0.587. The lowest BCUT2D eigenvalue weighted by molar-refractivity contribution is -0.157. The van der Waals surface area contributed by atoms with E-state index < -0.39 is 11.6 Å². The van der Waals surface area contributed by atoms with Gasteiger partial charge in [-0.25, -0.2) is 4.79 Å². The number of hydrogen-bond donors (Lipinski definition) is 0. The summed E-state index contributed by atoms with van der Waals surface area (Å²) in [5.41, 5.74) is 0.431. The molecule has 1 heterocycles. The molecule has 0 amide bonds. The maximum absolute atomic E-state index is 12.5. The lowest BCUT2D eigenvalue weighted by atomic mass is 10.1. The molecule has 7 heteroatoms. The number of fused-ring (bicyclic) bond motifs is 1. The van der Waals surface area contributed by atoms with Gasteiger partial charge >= 0.3 is 5.97 Å². The molecule has 2 aromatic carbocycles. The van der Waals surface area contributed by atoms with Gasteiger partial charge < -0.3 is 14.2 Å². The Kier molecular flexibility index (Phi) is 5.68. The number of carbonyl (C=O) groups excluding carboxylic acids is 2. The Morgan fingerprint density at radius 2 is 1.89 bits per heavy atom. The maximum atomic E-state index is 12.5. The Hall–Kier alpha value is -2.50. The van der Waals surface area contributed by atoms with Gasteiger partial charge in [0.1, 0.15) is 17.1 Å². The van der Waals surface area contributed by atoms with Crippen LogP contribution in [0.3, 0.4) is 0 Å². The van der Waals surface area contributed by atoms with Crippen LogP contribution in [0.4, 0.5) is 0 Å². The van der Waals surface area contributed by atoms with Crippen LogP contribution in [0.25, 0.3) is 6.08 Å². The van der Waals surface area contributed by atoms with Crippen LogP contribution < -0.4 is 9.47 Å². The minimum absolute atomic E-state index is 0.142. The summed E-state index contributed by atoms with van der Waals surface area (Å²) in [4.78, 5) is 24.3. The van der Waals surface area contributed by atoms with Crippen LogP contribution >= 0.6 is 23.2 Å². The first-order valence-corrected chi connectivity index (χ1v) is 9.26. The molecule has 0 aromatic heterocycles. The predicted molar refractivity (Wildman–Crippen MR) is 107 cm³/mol. The normalized spacial score (nSPS) is 14.6. The standard InChI is InChI=1S/C21H18Cl2O5/c1-21(2,3)28-19(24)11-26-14-6-7-15-17(10-14)27-18(20(15)25)8-12-4-5-13(22)9-16(12)23/h4-10H,11H2,1-3H3/b18-8-. The molecule has 0 saturated carbocycles. The van der Waals surface area contributed by atoms with Crippen LogP contribution in [0.2, 0.25) is 10.0 Å². The van der Waals surface area contributed by atoms with E-state index in [1.807, 2.05) is 0 Å². The molecule has 1 aliphatic rings. The molecule has 0 radical (unpaired) electrons. The highest BCUT2D eigenvalue weighted by atomic mass is 35.5. The van der Waals surface area contributed by atoms with Gasteiger partial charge in [-0.1, -0.05) is 29.3 Å². The molecule has 28 heavy (non-hydrogen) atoms. The summed E-state index contributed by atoms with van der Waals surface area (Å²) in [6, 6.07) is 9.71. The Morgan fingerprint density at radius 1 is 1.14 bits per heavy atom. The third kappa shape index (κ3) is 4.86. The van der Waals surface area contributed by atoms with Gasteiger partial charge in [-0.3, -0.25) is 4.79 Å². The maximum Gasteiger partial charge on any atom is 0.344 e. The van der Waals surface area contributed by atoms with Gasteiger partial charge in [0.15, 0.2) is 12.4 Å². The van der Waals surface area contributed by atoms with Crippen LogP contribution in [-0.4, -0.2) is 24.0 Å². The second-order valence-electron chi connectivity index (χ2n) is 7.14. The largest absolute Gasteiger partial charge is 0.482 e. The molecule has 0 atom stereocenters. The van der Waals surface area contributed by atoms with Crippen molar-refractivity contribution in [3.8, 4) is 11.5 Å². The van der Waals surface area contributed by atoms with E-state index >= 15 is 0 Å². The lowest BCUT2D eigenvalue weighted by Gasteiger charge is -2.19. The van der Waals surface area contributed by atoms with Crippen LogP contribution in [0.1, 0.15) is 36.7 Å². The number of ether oxygens (including phenoxy) is 3. The van der Waals surface area contributed by atoms with Crippen molar-refractivity contribution >= 4 is 41.0 Å². The fourth-order valence-corrected chi connectivity index (χ4v) is 2.99. The number of Topliss-reactive ketones (excluding diaryl/α,β-unsaturated/α-hetero) is 1. The third-order valence-corrected chi connectivity index (χ3v) is 4.23. The van der Waals surface area contributed by atoms with Gasteiger partial charge in [0.2, 0.25) is 5.78 Å². The molecule has 0 bridgehead atoms. The average Bonchev–Trinajstić information content (AvgIpc) is 2.89. The van der Waals surface area contributed by atoms with Crippen molar-refractivity contribution in [1.29, 1.82) is 0 Å². The highest BCUT2D eigenvalue weighted by Crippen LogP contribution is 2.35. The molecule has 0 fully saturated rings. The van der Waals surface area contributed by atoms with E-state index in [-0.39, 0.29) is 18.1 Å². The number of esters is 1. The topological polar surface area (TPSA) is 61.8 Å². The zero-order valence-electron chi connectivity index (χ0n) is 15.5. The number of rotatable bonds is 4. The second kappa shape index (κ2) is 7.86. The van der Waals surface area contributed by atoms with Crippen molar-refractivity contribution in [3.05, 3.63) is 63.3 Å². The fourth-order valence-electron chi connectivity index (χ4n) is 2.53. The number of allylic oxidation sites excluding steroid dienone is 1. The molecule has 0 aliphatic carbocycles. The Labute approximate surface area is 172 Å². The number of benzene rings is 2. The SMILES string of the molecule is CC(C)(C)OC(=O)COc1ccc2c(c1)O/C(=C\c1ccc(Cl)cc1Cl)C2=O. The first-order chi connectivity index (χ1) is 13.1. The number of carbonyl (C=O) groups is 2. The van der Waals surface area contributed by atoms with Gasteiger partial charge in [0.25, 0.3) is 0 Å². The zero-order chi connectivity index (χ0) is 20.5. The lowest BCUT2D eigenvalue weighted by Crippen LogP contribution is -2.27. The summed E-state index contributed by atoms with van der Waals surface area (Å²) in [5, 5.41) is 0.912. The van der Waals surface area contributed by atoms with E-state index in [4.69, 9.17) is 37.4 Å². The molecule has 3 rings (SSSR count). The second-order valence-corrected chi connectivity index (χ2v) is 7.98. The van der Waals surface area contributed by atoms with Crippen LogP contribution in [0, 0.1) is 0 Å². The average molecular weight is 421 g/mol. The van der Waals surface area contributed by atoms with Crippen molar-refractivity contribution in [2.75, 3.05) is 6.61 Å². The van der Waals surface area contributed by atoms with Crippen molar-refractivity contribution in [2.45, 2.75) is 26.4 Å². The number of hydrogen-bond acceptors (Lipinski definition) is 5. The quantitative estimate of drug-likeness (QED) is 0.493. The molecule has 2 aromatic rings. The molecule has 5 nitrogen and oxygen atoms in total. The summed E-state index contributed by atoms with van der Waals surface area (Å²) in [5.74, 6) is 0.136. The highest BCUT2D eigenvalue weighted by molar-refractivity contribution is 6.35. The van der Waals surface area contributed by atoms with E-state index in [9.17, 15) is 9.59 Å². The predicted octanol–water partition coefficient (Wildman–Crippen LogP) is 5.33. The van der Waals surface area contributed by atoms with E-state index in [1.54, 1.807) is 63.2 Å². The van der Waals surface area contributed by atoms with Crippen LogP contribution in [0.15, 0.2) is 42.2 Å². The van der Waals surface area contributed by atoms with Crippen molar-refractivity contribution < 1.29 is 23.8 Å². The zero-order valence-corrected chi connectivity index (χ0v) is 17.1. The fraction of sp³-hybridized carbons (Fsp3) is 0.238. The van der Waals surface area contributed by atoms with Gasteiger partial charge in [-0.05, 0) is 56.7 Å². The smallest absolute Gasteiger partial charge is 0.344 e. The van der Waals surface area contributed by atoms with Crippen molar-refractivity contribution in [3.63, 3.8) is 0 Å². The van der Waals surface area contributed by atoms with Crippen molar-refractivity contribution in [2.24, 2.45) is 0 Å². The molecular weight excluding hydrogens is 403 g/mol. The van der Waals surface area contributed by atoms with Gasteiger partial charge in [-0.15, -0.1) is 0 Å². The van der Waals surface area contributed by atoms with Crippen molar-refractivity contribution in [1.82, 2.24) is 0 Å². The van der Waals surface area contributed by atoms with Crippen LogP contribution in [0.5, 0.6) is 11.5 Å².